The van der Waals surface area contributed by atoms with Crippen LogP contribution in [-0.2, 0) is 0 Å². The molecule has 2 aromatic rings. The molecule has 0 saturated heterocycles. The fourth-order valence-electron chi connectivity index (χ4n) is 1.18. The van der Waals surface area contributed by atoms with Crippen LogP contribution in [0.15, 0.2) is 24.3 Å². The molecule has 16 heavy (non-hydrogen) atoms. The van der Waals surface area contributed by atoms with Crippen molar-refractivity contribution >= 4 is 22.9 Å². The summed E-state index contributed by atoms with van der Waals surface area (Å²) in [4.78, 5) is 11.0. The second kappa shape index (κ2) is 3.78. The summed E-state index contributed by atoms with van der Waals surface area (Å²) in [6.45, 7) is 0. The maximum Gasteiger partial charge on any atom is 0.279 e. The SMILES string of the molecule is N=c1sc(C(N)=O)nn1-c1ccc(N)cc1. The molecule has 0 spiro atoms. The molecule has 7 heteroatoms. The number of primary amides is 1. The van der Waals surface area contributed by atoms with E-state index < -0.39 is 5.91 Å². The van der Waals surface area contributed by atoms with Gasteiger partial charge in [0.1, 0.15) is 0 Å². The minimum Gasteiger partial charge on any atom is -0.399 e. The van der Waals surface area contributed by atoms with Crippen molar-refractivity contribution in [2.75, 3.05) is 5.73 Å². The molecule has 0 radical (unpaired) electrons. The molecule has 0 saturated carbocycles. The molecule has 82 valence electrons. The summed E-state index contributed by atoms with van der Waals surface area (Å²) >= 11 is 0.934. The molecule has 2 rings (SSSR count). The minimum atomic E-state index is -0.632. The smallest absolute Gasteiger partial charge is 0.279 e. The zero-order valence-electron chi connectivity index (χ0n) is 8.18. The second-order valence-electron chi connectivity index (χ2n) is 3.08. The van der Waals surface area contributed by atoms with Crippen molar-refractivity contribution in [3.8, 4) is 5.69 Å². The number of anilines is 1. The van der Waals surface area contributed by atoms with Gasteiger partial charge in [0.15, 0.2) is 0 Å². The van der Waals surface area contributed by atoms with Gasteiger partial charge in [0.2, 0.25) is 9.81 Å². The highest BCUT2D eigenvalue weighted by Gasteiger charge is 2.09. The van der Waals surface area contributed by atoms with E-state index in [0.29, 0.717) is 11.4 Å². The number of benzene rings is 1. The molecular weight excluding hydrogens is 226 g/mol. The van der Waals surface area contributed by atoms with Crippen LogP contribution >= 0.6 is 11.3 Å². The largest absolute Gasteiger partial charge is 0.399 e. The van der Waals surface area contributed by atoms with Crippen LogP contribution in [0.5, 0.6) is 0 Å². The second-order valence-corrected chi connectivity index (χ2v) is 4.06. The third-order valence-corrected chi connectivity index (χ3v) is 2.77. The number of rotatable bonds is 2. The zero-order chi connectivity index (χ0) is 11.7. The van der Waals surface area contributed by atoms with Gasteiger partial charge in [-0.1, -0.05) is 11.3 Å². The monoisotopic (exact) mass is 235 g/mol. The van der Waals surface area contributed by atoms with Gasteiger partial charge >= 0.3 is 0 Å². The highest BCUT2D eigenvalue weighted by atomic mass is 32.1. The molecule has 1 heterocycles. The number of nitrogens with two attached hydrogens (primary N) is 2. The van der Waals surface area contributed by atoms with Crippen LogP contribution in [-0.4, -0.2) is 15.7 Å². The first-order chi connectivity index (χ1) is 7.58. The Morgan fingerprint density at radius 1 is 1.38 bits per heavy atom. The van der Waals surface area contributed by atoms with Crippen molar-refractivity contribution in [2.24, 2.45) is 5.73 Å². The van der Waals surface area contributed by atoms with Crippen molar-refractivity contribution in [1.82, 2.24) is 9.78 Å². The normalized spacial score (nSPS) is 10.2. The number of amides is 1. The third-order valence-electron chi connectivity index (χ3n) is 1.92. The lowest BCUT2D eigenvalue weighted by Gasteiger charge is -2.00. The van der Waals surface area contributed by atoms with E-state index in [0.717, 1.165) is 11.3 Å². The Morgan fingerprint density at radius 2 is 2.00 bits per heavy atom. The molecule has 0 aliphatic rings. The van der Waals surface area contributed by atoms with Crippen molar-refractivity contribution < 1.29 is 4.79 Å². The van der Waals surface area contributed by atoms with Crippen LogP contribution in [0.1, 0.15) is 9.80 Å². The van der Waals surface area contributed by atoms with E-state index in [-0.39, 0.29) is 9.81 Å². The summed E-state index contributed by atoms with van der Waals surface area (Å²) < 4.78 is 1.34. The Bertz CT molecular complexity index is 583. The van der Waals surface area contributed by atoms with Gasteiger partial charge in [-0.25, -0.2) is 4.68 Å². The molecule has 1 aromatic carbocycles. The van der Waals surface area contributed by atoms with Crippen LogP contribution in [0.2, 0.25) is 0 Å². The van der Waals surface area contributed by atoms with E-state index in [1.54, 1.807) is 24.3 Å². The van der Waals surface area contributed by atoms with E-state index in [2.05, 4.69) is 5.10 Å². The quantitative estimate of drug-likeness (QED) is 0.641. The molecular formula is C9H9N5OS. The Kier molecular flexibility index (Phi) is 2.45. The van der Waals surface area contributed by atoms with Crippen LogP contribution in [0.3, 0.4) is 0 Å². The standard InChI is InChI=1S/C9H9N5OS/c10-5-1-3-6(4-2-5)14-9(12)16-8(13-14)7(11)15/h1-4,12H,10H2,(H2,11,15). The zero-order valence-corrected chi connectivity index (χ0v) is 8.99. The topological polar surface area (TPSA) is 111 Å². The summed E-state index contributed by atoms with van der Waals surface area (Å²) in [5.74, 6) is -0.632. The first-order valence-electron chi connectivity index (χ1n) is 4.38. The fraction of sp³-hybridized carbons (Fsp3) is 0. The Labute approximate surface area is 94.6 Å². The molecule has 0 fully saturated rings. The van der Waals surface area contributed by atoms with E-state index in [1.165, 1.54) is 4.68 Å². The lowest BCUT2D eigenvalue weighted by atomic mass is 10.3. The van der Waals surface area contributed by atoms with Gasteiger partial charge in [0.25, 0.3) is 5.91 Å². The van der Waals surface area contributed by atoms with Crippen molar-refractivity contribution in [3.05, 3.63) is 34.1 Å². The fourth-order valence-corrected chi connectivity index (χ4v) is 1.82. The number of nitrogens with zero attached hydrogens (tertiary/aromatic N) is 2. The van der Waals surface area contributed by atoms with Crippen LogP contribution in [0.4, 0.5) is 5.69 Å². The van der Waals surface area contributed by atoms with Crippen LogP contribution in [0.25, 0.3) is 5.69 Å². The number of nitrogen functional groups attached to an aromatic ring is 1. The van der Waals surface area contributed by atoms with E-state index in [1.807, 2.05) is 0 Å². The van der Waals surface area contributed by atoms with Gasteiger partial charge in [-0.3, -0.25) is 10.2 Å². The van der Waals surface area contributed by atoms with Gasteiger partial charge in [-0.2, -0.15) is 0 Å². The Morgan fingerprint density at radius 3 is 2.50 bits per heavy atom. The molecule has 1 aromatic heterocycles. The average Bonchev–Trinajstić information content (AvgIpc) is 2.62. The number of aromatic nitrogens is 2. The lowest BCUT2D eigenvalue weighted by molar-refractivity contribution is 0.0999. The summed E-state index contributed by atoms with van der Waals surface area (Å²) in [6.07, 6.45) is 0. The number of hydrogen-bond donors (Lipinski definition) is 3. The third kappa shape index (κ3) is 1.80. The maximum atomic E-state index is 10.9. The number of nitrogens with one attached hydrogen (secondary N) is 1. The lowest BCUT2D eigenvalue weighted by Crippen LogP contribution is -2.14. The van der Waals surface area contributed by atoms with E-state index in [9.17, 15) is 4.79 Å². The molecule has 0 atom stereocenters. The predicted octanol–water partition coefficient (Wildman–Crippen LogP) is 0.0944. The minimum absolute atomic E-state index is 0.113. The predicted molar refractivity (Wildman–Crippen MR) is 60.2 cm³/mol. The maximum absolute atomic E-state index is 10.9. The van der Waals surface area contributed by atoms with Gasteiger partial charge in [-0.15, -0.1) is 5.10 Å². The van der Waals surface area contributed by atoms with Gasteiger partial charge < -0.3 is 11.5 Å². The van der Waals surface area contributed by atoms with Crippen molar-refractivity contribution in [1.29, 1.82) is 5.41 Å². The van der Waals surface area contributed by atoms with Crippen molar-refractivity contribution in [3.63, 3.8) is 0 Å². The van der Waals surface area contributed by atoms with E-state index >= 15 is 0 Å². The molecule has 6 nitrogen and oxygen atoms in total. The van der Waals surface area contributed by atoms with Crippen LogP contribution < -0.4 is 16.3 Å². The van der Waals surface area contributed by atoms with E-state index in [4.69, 9.17) is 16.9 Å². The average molecular weight is 235 g/mol. The highest BCUT2D eigenvalue weighted by molar-refractivity contribution is 7.10. The summed E-state index contributed by atoms with van der Waals surface area (Å²) in [7, 11) is 0. The molecule has 1 amide bonds. The Balaban J connectivity index is 2.52. The molecule has 0 aliphatic heterocycles. The van der Waals surface area contributed by atoms with Crippen LogP contribution in [0, 0.1) is 5.41 Å². The summed E-state index contributed by atoms with van der Waals surface area (Å²) in [5, 5.41) is 11.7. The Hall–Kier alpha value is -2.15. The summed E-state index contributed by atoms with van der Waals surface area (Å²) in [5.41, 5.74) is 11.9. The van der Waals surface area contributed by atoms with Gasteiger partial charge in [-0.05, 0) is 24.3 Å². The molecule has 0 unspecified atom stereocenters. The number of carbonyl (C=O) groups excluding carboxylic acids is 1. The molecule has 0 aliphatic carbocycles. The first-order valence-corrected chi connectivity index (χ1v) is 5.20. The summed E-state index contributed by atoms with van der Waals surface area (Å²) in [6, 6.07) is 6.84. The van der Waals surface area contributed by atoms with Gasteiger partial charge in [0, 0.05) is 5.69 Å². The molecule has 5 N–H and O–H groups in total. The van der Waals surface area contributed by atoms with Crippen molar-refractivity contribution in [2.45, 2.75) is 0 Å². The van der Waals surface area contributed by atoms with Gasteiger partial charge in [0.05, 0.1) is 5.69 Å². The number of carbonyl (C=O) groups is 1. The number of hydrogen-bond acceptors (Lipinski definition) is 5. The highest BCUT2D eigenvalue weighted by Crippen LogP contribution is 2.09. The first kappa shape index (κ1) is 10.4. The molecule has 0 bridgehead atoms.